The van der Waals surface area contributed by atoms with Crippen LogP contribution in [0.3, 0.4) is 0 Å². The average Bonchev–Trinajstić information content (AvgIpc) is 3.33. The van der Waals surface area contributed by atoms with Gasteiger partial charge in [-0.3, -0.25) is 4.79 Å². The van der Waals surface area contributed by atoms with E-state index in [1.54, 1.807) is 0 Å². The van der Waals surface area contributed by atoms with Crippen LogP contribution < -0.4 is 11.1 Å². The first-order valence-corrected chi connectivity index (χ1v) is 7.35. The number of nitrogens with one attached hydrogen (secondary N) is 1. The van der Waals surface area contributed by atoms with Gasteiger partial charge in [-0.25, -0.2) is 8.78 Å². The molecule has 3 rings (SSSR count). The molecule has 0 saturated heterocycles. The largest absolute Gasteiger partial charge is 0.350 e. The maximum absolute atomic E-state index is 13.1. The molecule has 1 fully saturated rings. The zero-order chi connectivity index (χ0) is 15.7. The Hall–Kier alpha value is -1.72. The number of hydrogen-bond acceptors (Lipinski definition) is 2. The van der Waals surface area contributed by atoms with E-state index in [0.29, 0.717) is 6.42 Å². The number of hydrogen-bond donors (Lipinski definition) is 2. The first-order chi connectivity index (χ1) is 10.5. The van der Waals surface area contributed by atoms with Gasteiger partial charge in [0.1, 0.15) is 0 Å². The topological polar surface area (TPSA) is 55.1 Å². The third-order valence-corrected chi connectivity index (χ3v) is 4.17. The van der Waals surface area contributed by atoms with E-state index < -0.39 is 19.0 Å². The molecule has 1 aliphatic rings. The van der Waals surface area contributed by atoms with Gasteiger partial charge in [-0.1, -0.05) is 42.5 Å². The predicted molar refractivity (Wildman–Crippen MR) is 89.1 cm³/mol. The van der Waals surface area contributed by atoms with Crippen molar-refractivity contribution in [3.8, 4) is 0 Å². The molecule has 0 radical (unpaired) electrons. The van der Waals surface area contributed by atoms with E-state index in [-0.39, 0.29) is 30.2 Å². The summed E-state index contributed by atoms with van der Waals surface area (Å²) in [6.07, 6.45) is 0.702. The highest BCUT2D eigenvalue weighted by molar-refractivity contribution is 5.89. The number of benzene rings is 2. The van der Waals surface area contributed by atoms with E-state index in [1.165, 1.54) is 0 Å². The van der Waals surface area contributed by atoms with Crippen LogP contribution in [0.15, 0.2) is 42.5 Å². The van der Waals surface area contributed by atoms with Gasteiger partial charge in [0.05, 0.1) is 13.1 Å². The highest BCUT2D eigenvalue weighted by atomic mass is 35.5. The lowest BCUT2D eigenvalue weighted by Gasteiger charge is -2.14. The number of nitrogens with two attached hydrogens (primary N) is 1. The van der Waals surface area contributed by atoms with Crippen LogP contribution in [0, 0.1) is 5.92 Å². The fourth-order valence-corrected chi connectivity index (χ4v) is 2.82. The first kappa shape index (κ1) is 17.6. The number of carbonyl (C=O) groups is 1. The molecule has 3 N–H and O–H groups in total. The third kappa shape index (κ3) is 3.79. The fourth-order valence-electron chi connectivity index (χ4n) is 2.82. The van der Waals surface area contributed by atoms with Crippen LogP contribution in [0.4, 0.5) is 8.78 Å². The Kier molecular flexibility index (Phi) is 5.22. The first-order valence-electron chi connectivity index (χ1n) is 7.35. The van der Waals surface area contributed by atoms with Gasteiger partial charge in [0.15, 0.2) is 0 Å². The standard InChI is InChI=1S/C17H18F2N2O.ClH/c18-17(19,9-20)10-21-16(22)15-8-14(15)13-7-3-5-11-4-1-2-6-12(11)13;/h1-7,14-15H,8-10,20H2,(H,21,22);1H. The summed E-state index contributed by atoms with van der Waals surface area (Å²) in [6.45, 7) is -1.45. The lowest BCUT2D eigenvalue weighted by atomic mass is 10.00. The predicted octanol–water partition coefficient (Wildman–Crippen LogP) is 3.08. The second-order valence-electron chi connectivity index (χ2n) is 5.79. The molecule has 0 aromatic heterocycles. The van der Waals surface area contributed by atoms with Gasteiger partial charge in [0.2, 0.25) is 5.91 Å². The number of fused-ring (bicyclic) bond motifs is 1. The van der Waals surface area contributed by atoms with Crippen LogP contribution in [0.5, 0.6) is 0 Å². The maximum atomic E-state index is 13.1. The molecule has 0 heterocycles. The quantitative estimate of drug-likeness (QED) is 0.879. The maximum Gasteiger partial charge on any atom is 0.277 e. The van der Waals surface area contributed by atoms with Crippen LogP contribution in [0.2, 0.25) is 0 Å². The Balaban J connectivity index is 0.00000192. The van der Waals surface area contributed by atoms with Gasteiger partial charge in [-0.15, -0.1) is 12.4 Å². The summed E-state index contributed by atoms with van der Waals surface area (Å²) in [5.41, 5.74) is 6.08. The molecule has 2 aromatic carbocycles. The number of carbonyl (C=O) groups excluding carboxylic acids is 1. The van der Waals surface area contributed by atoms with Crippen LogP contribution in [-0.4, -0.2) is 24.9 Å². The zero-order valence-electron chi connectivity index (χ0n) is 12.5. The van der Waals surface area contributed by atoms with E-state index in [1.807, 2.05) is 42.5 Å². The van der Waals surface area contributed by atoms with Crippen LogP contribution in [-0.2, 0) is 4.79 Å². The Morgan fingerprint density at radius 1 is 1.22 bits per heavy atom. The number of halogens is 3. The summed E-state index contributed by atoms with van der Waals surface area (Å²) in [5.74, 6) is -3.47. The molecule has 2 aromatic rings. The average molecular weight is 341 g/mol. The summed E-state index contributed by atoms with van der Waals surface area (Å²) in [6, 6.07) is 14.0. The molecular formula is C17H19ClF2N2O. The molecular weight excluding hydrogens is 322 g/mol. The molecule has 3 nitrogen and oxygen atoms in total. The number of amides is 1. The highest BCUT2D eigenvalue weighted by Gasteiger charge is 2.45. The molecule has 1 amide bonds. The van der Waals surface area contributed by atoms with Gasteiger partial charge in [0.25, 0.3) is 5.92 Å². The van der Waals surface area contributed by atoms with Crippen molar-refractivity contribution in [2.75, 3.05) is 13.1 Å². The molecule has 6 heteroatoms. The molecule has 0 bridgehead atoms. The van der Waals surface area contributed by atoms with E-state index in [2.05, 4.69) is 5.32 Å². The highest BCUT2D eigenvalue weighted by Crippen LogP contribution is 2.49. The van der Waals surface area contributed by atoms with Crippen molar-refractivity contribution < 1.29 is 13.6 Å². The monoisotopic (exact) mass is 340 g/mol. The van der Waals surface area contributed by atoms with Crippen molar-refractivity contribution in [2.24, 2.45) is 11.7 Å². The summed E-state index contributed by atoms with van der Waals surface area (Å²) in [7, 11) is 0. The van der Waals surface area contributed by atoms with E-state index in [9.17, 15) is 13.6 Å². The van der Waals surface area contributed by atoms with E-state index in [4.69, 9.17) is 5.73 Å². The third-order valence-electron chi connectivity index (χ3n) is 4.17. The smallest absolute Gasteiger partial charge is 0.277 e. The summed E-state index contributed by atoms with van der Waals surface area (Å²) < 4.78 is 26.2. The summed E-state index contributed by atoms with van der Waals surface area (Å²) in [5, 5.41) is 4.56. The minimum absolute atomic E-state index is 0. The molecule has 2 unspecified atom stereocenters. The lowest BCUT2D eigenvalue weighted by molar-refractivity contribution is -0.124. The number of rotatable bonds is 5. The van der Waals surface area contributed by atoms with Gasteiger partial charge in [0, 0.05) is 5.92 Å². The molecule has 124 valence electrons. The van der Waals surface area contributed by atoms with Crippen molar-refractivity contribution in [2.45, 2.75) is 18.3 Å². The van der Waals surface area contributed by atoms with Crippen LogP contribution in [0.25, 0.3) is 10.8 Å². The zero-order valence-corrected chi connectivity index (χ0v) is 13.3. The minimum atomic E-state index is -3.04. The molecule has 1 saturated carbocycles. The Labute approximate surface area is 139 Å². The van der Waals surface area contributed by atoms with Gasteiger partial charge < -0.3 is 11.1 Å². The van der Waals surface area contributed by atoms with E-state index in [0.717, 1.165) is 16.3 Å². The normalized spacial score (nSPS) is 20.0. The molecule has 2 atom stereocenters. The molecule has 0 aliphatic heterocycles. The second kappa shape index (κ2) is 6.81. The second-order valence-corrected chi connectivity index (χ2v) is 5.79. The molecule has 23 heavy (non-hydrogen) atoms. The van der Waals surface area contributed by atoms with Gasteiger partial charge >= 0.3 is 0 Å². The van der Waals surface area contributed by atoms with Gasteiger partial charge in [-0.2, -0.15) is 0 Å². The van der Waals surface area contributed by atoms with Crippen molar-refractivity contribution >= 4 is 29.1 Å². The van der Waals surface area contributed by atoms with Crippen LogP contribution >= 0.6 is 12.4 Å². The van der Waals surface area contributed by atoms with Crippen LogP contribution in [0.1, 0.15) is 17.9 Å². The SMILES string of the molecule is Cl.NCC(F)(F)CNC(=O)C1CC1c1cccc2ccccc12. The summed E-state index contributed by atoms with van der Waals surface area (Å²) in [4.78, 5) is 12.0. The van der Waals surface area contributed by atoms with Crippen molar-refractivity contribution in [3.05, 3.63) is 48.0 Å². The van der Waals surface area contributed by atoms with Crippen molar-refractivity contribution in [1.82, 2.24) is 5.32 Å². The fraction of sp³-hybridized carbons (Fsp3) is 0.353. The lowest BCUT2D eigenvalue weighted by Crippen LogP contribution is -2.42. The molecule has 1 aliphatic carbocycles. The number of alkyl halides is 2. The van der Waals surface area contributed by atoms with Crippen molar-refractivity contribution in [3.63, 3.8) is 0 Å². The van der Waals surface area contributed by atoms with Crippen molar-refractivity contribution in [1.29, 1.82) is 0 Å². The Morgan fingerprint density at radius 2 is 1.91 bits per heavy atom. The van der Waals surface area contributed by atoms with Gasteiger partial charge in [-0.05, 0) is 28.7 Å². The Bertz CT molecular complexity index is 703. The molecule has 0 spiro atoms. The minimum Gasteiger partial charge on any atom is -0.350 e. The Morgan fingerprint density at radius 3 is 2.65 bits per heavy atom. The van der Waals surface area contributed by atoms with E-state index >= 15 is 0 Å². The summed E-state index contributed by atoms with van der Waals surface area (Å²) >= 11 is 0.